The maximum absolute atomic E-state index is 13.5. The van der Waals surface area contributed by atoms with Gasteiger partial charge in [0.05, 0.1) is 11.6 Å². The lowest BCUT2D eigenvalue weighted by Gasteiger charge is -2.38. The number of ether oxygens (including phenoxy) is 1. The third kappa shape index (κ3) is 6.50. The Morgan fingerprint density at radius 2 is 1.78 bits per heavy atom. The summed E-state index contributed by atoms with van der Waals surface area (Å²) in [6.45, 7) is 3.41. The zero-order valence-corrected chi connectivity index (χ0v) is 21.0. The third-order valence-electron chi connectivity index (χ3n) is 6.63. The highest BCUT2D eigenvalue weighted by molar-refractivity contribution is 6.31. The second-order valence-electron chi connectivity index (χ2n) is 9.07. The molecule has 3 aromatic carbocycles. The molecule has 36 heavy (non-hydrogen) atoms. The molecule has 1 fully saturated rings. The minimum absolute atomic E-state index is 0.0739. The molecule has 1 heterocycles. The van der Waals surface area contributed by atoms with Gasteiger partial charge in [-0.05, 0) is 61.2 Å². The van der Waals surface area contributed by atoms with Crippen LogP contribution in [-0.4, -0.2) is 42.4 Å². The molecule has 0 aliphatic carbocycles. The largest absolute Gasteiger partial charge is 0.459 e. The van der Waals surface area contributed by atoms with Crippen molar-refractivity contribution in [3.63, 3.8) is 0 Å². The first-order valence-electron chi connectivity index (χ1n) is 12.2. The van der Waals surface area contributed by atoms with Crippen molar-refractivity contribution in [1.29, 1.82) is 0 Å². The van der Waals surface area contributed by atoms with Crippen LogP contribution in [0.15, 0.2) is 78.9 Å². The van der Waals surface area contributed by atoms with E-state index in [1.165, 1.54) is 18.2 Å². The number of para-hydroxylation sites is 1. The van der Waals surface area contributed by atoms with Gasteiger partial charge >= 0.3 is 5.97 Å². The molecule has 7 heteroatoms. The number of hydrogen-bond donors (Lipinski definition) is 1. The molecule has 3 atom stereocenters. The van der Waals surface area contributed by atoms with Crippen molar-refractivity contribution in [3.05, 3.63) is 101 Å². The molecule has 1 unspecified atom stereocenters. The van der Waals surface area contributed by atoms with Crippen LogP contribution in [-0.2, 0) is 9.53 Å². The zero-order chi connectivity index (χ0) is 25.5. The highest BCUT2D eigenvalue weighted by Crippen LogP contribution is 2.28. The number of anilines is 1. The summed E-state index contributed by atoms with van der Waals surface area (Å²) < 4.78 is 19.6. The van der Waals surface area contributed by atoms with Gasteiger partial charge in [0, 0.05) is 17.8 Å². The Morgan fingerprint density at radius 1 is 1.08 bits per heavy atom. The van der Waals surface area contributed by atoms with Crippen LogP contribution in [0.2, 0.25) is 5.02 Å². The number of carbonyl (C=O) groups is 2. The summed E-state index contributed by atoms with van der Waals surface area (Å²) >= 11 is 5.85. The summed E-state index contributed by atoms with van der Waals surface area (Å²) in [6.07, 6.45) is 1.34. The van der Waals surface area contributed by atoms with Crippen molar-refractivity contribution in [3.8, 4) is 0 Å². The van der Waals surface area contributed by atoms with E-state index in [0.29, 0.717) is 12.1 Å². The summed E-state index contributed by atoms with van der Waals surface area (Å²) in [5.74, 6) is -0.855. The summed E-state index contributed by atoms with van der Waals surface area (Å²) in [7, 11) is 0. The average molecular weight is 509 g/mol. The number of carbonyl (C=O) groups excluding carboxylic acids is 2. The van der Waals surface area contributed by atoms with Gasteiger partial charge < -0.3 is 10.1 Å². The molecule has 0 spiro atoms. The van der Waals surface area contributed by atoms with Gasteiger partial charge in [0.2, 0.25) is 0 Å². The second kappa shape index (κ2) is 12.2. The number of nitrogens with one attached hydrogen (secondary N) is 1. The summed E-state index contributed by atoms with van der Waals surface area (Å²) in [5.41, 5.74) is 2.00. The molecule has 1 aliphatic heterocycles. The van der Waals surface area contributed by atoms with E-state index in [9.17, 15) is 14.0 Å². The van der Waals surface area contributed by atoms with Crippen LogP contribution in [0.4, 0.5) is 10.1 Å². The number of ketones is 1. The van der Waals surface area contributed by atoms with Gasteiger partial charge in [0.15, 0.2) is 11.8 Å². The smallest absolute Gasteiger partial charge is 0.333 e. The van der Waals surface area contributed by atoms with Gasteiger partial charge in [-0.15, -0.1) is 0 Å². The van der Waals surface area contributed by atoms with E-state index in [0.717, 1.165) is 30.6 Å². The molecule has 0 bridgehead atoms. The number of Topliss-reactive ketones (excluding diaryl/α,β-unsaturated/α-hetero) is 1. The van der Waals surface area contributed by atoms with Gasteiger partial charge in [0.1, 0.15) is 11.9 Å². The maximum atomic E-state index is 13.5. The lowest BCUT2D eigenvalue weighted by Crippen LogP contribution is -2.48. The van der Waals surface area contributed by atoms with E-state index in [2.05, 4.69) is 12.2 Å². The fourth-order valence-electron chi connectivity index (χ4n) is 4.58. The molecule has 0 saturated carbocycles. The number of rotatable bonds is 9. The Morgan fingerprint density at radius 3 is 2.44 bits per heavy atom. The maximum Gasteiger partial charge on any atom is 0.333 e. The fourth-order valence-corrected chi connectivity index (χ4v) is 4.76. The fraction of sp³-hybridized carbons (Fsp3) is 0.310. The Labute approximate surface area is 216 Å². The number of hydrogen-bond acceptors (Lipinski definition) is 5. The quantitative estimate of drug-likeness (QED) is 0.277. The van der Waals surface area contributed by atoms with E-state index in [4.69, 9.17) is 16.3 Å². The minimum atomic E-state index is -0.663. The number of benzene rings is 3. The average Bonchev–Trinajstić information content (AvgIpc) is 2.90. The highest BCUT2D eigenvalue weighted by Gasteiger charge is 2.34. The van der Waals surface area contributed by atoms with Gasteiger partial charge in [-0.2, -0.15) is 0 Å². The monoisotopic (exact) mass is 508 g/mol. The molecule has 4 rings (SSSR count). The first-order valence-corrected chi connectivity index (χ1v) is 12.6. The molecule has 1 N–H and O–H groups in total. The van der Waals surface area contributed by atoms with Gasteiger partial charge in [-0.25, -0.2) is 9.18 Å². The number of piperidine rings is 1. The van der Waals surface area contributed by atoms with Crippen molar-refractivity contribution in [2.45, 2.75) is 31.9 Å². The molecule has 0 amide bonds. The molecular weight excluding hydrogens is 479 g/mol. The number of esters is 1. The van der Waals surface area contributed by atoms with Crippen molar-refractivity contribution >= 4 is 29.0 Å². The molecule has 5 nitrogen and oxygen atoms in total. The zero-order valence-electron chi connectivity index (χ0n) is 20.2. The minimum Gasteiger partial charge on any atom is -0.459 e. The van der Waals surface area contributed by atoms with Crippen molar-refractivity contribution in [2.75, 3.05) is 25.0 Å². The van der Waals surface area contributed by atoms with Crippen LogP contribution in [0.3, 0.4) is 0 Å². The first kappa shape index (κ1) is 25.9. The van der Waals surface area contributed by atoms with Crippen molar-refractivity contribution < 1.29 is 18.7 Å². The molecule has 3 aromatic rings. The van der Waals surface area contributed by atoms with Gasteiger partial charge in [-0.3, -0.25) is 9.69 Å². The third-order valence-corrected chi connectivity index (χ3v) is 6.92. The van der Waals surface area contributed by atoms with Crippen molar-refractivity contribution in [2.24, 2.45) is 5.92 Å². The normalized spacial score (nSPS) is 18.9. The Bertz CT molecular complexity index is 1180. The SMILES string of the molecule is CCC1CCN(CC(=O)c2ccc(F)c(Cl)c2)C[C@@H]1OC(=O)[C@H](Nc1ccccc1)c1ccccc1. The standard InChI is InChI=1S/C29H30ClFN2O3/c1-2-20-15-16-33(18-26(34)22-13-14-25(31)24(30)17-22)19-27(20)36-29(35)28(21-9-5-3-6-10-21)32-23-11-7-4-8-12-23/h3-14,17,20,27-28,32H,2,15-16,18-19H2,1H3/t20?,27-,28+/m0/s1. The molecule has 0 radical (unpaired) electrons. The van der Waals surface area contributed by atoms with E-state index in [1.807, 2.05) is 65.6 Å². The number of halogens is 2. The lowest BCUT2D eigenvalue weighted by atomic mass is 9.91. The van der Waals surface area contributed by atoms with E-state index < -0.39 is 11.9 Å². The van der Waals surface area contributed by atoms with Crippen LogP contribution in [0, 0.1) is 11.7 Å². The van der Waals surface area contributed by atoms with Crippen LogP contribution in [0.25, 0.3) is 0 Å². The second-order valence-corrected chi connectivity index (χ2v) is 9.48. The van der Waals surface area contributed by atoms with Crippen LogP contribution in [0.1, 0.15) is 41.7 Å². The van der Waals surface area contributed by atoms with Gasteiger partial charge in [0.25, 0.3) is 0 Å². The van der Waals surface area contributed by atoms with Crippen LogP contribution < -0.4 is 5.32 Å². The van der Waals surface area contributed by atoms with Crippen LogP contribution in [0.5, 0.6) is 0 Å². The number of likely N-dealkylation sites (tertiary alicyclic amines) is 1. The predicted molar refractivity (Wildman–Crippen MR) is 140 cm³/mol. The van der Waals surface area contributed by atoms with Gasteiger partial charge in [-0.1, -0.05) is 67.1 Å². The molecule has 0 aromatic heterocycles. The Balaban J connectivity index is 1.46. The summed E-state index contributed by atoms with van der Waals surface area (Å²) in [5, 5.41) is 3.23. The molecular formula is C29H30ClFN2O3. The van der Waals surface area contributed by atoms with Crippen LogP contribution >= 0.6 is 11.6 Å². The molecule has 1 saturated heterocycles. The topological polar surface area (TPSA) is 58.6 Å². The highest BCUT2D eigenvalue weighted by atomic mass is 35.5. The lowest BCUT2D eigenvalue weighted by molar-refractivity contribution is -0.156. The van der Waals surface area contributed by atoms with E-state index >= 15 is 0 Å². The van der Waals surface area contributed by atoms with E-state index in [-0.39, 0.29) is 35.3 Å². The first-order chi connectivity index (χ1) is 17.4. The predicted octanol–water partition coefficient (Wildman–Crippen LogP) is 6.16. The molecule has 188 valence electrons. The van der Waals surface area contributed by atoms with E-state index in [1.54, 1.807) is 0 Å². The molecule has 1 aliphatic rings. The summed E-state index contributed by atoms with van der Waals surface area (Å²) in [4.78, 5) is 28.3. The Kier molecular flexibility index (Phi) is 8.73. The van der Waals surface area contributed by atoms with Crippen molar-refractivity contribution in [1.82, 2.24) is 4.90 Å². The Hall–Kier alpha value is -3.22. The summed E-state index contributed by atoms with van der Waals surface area (Å²) in [6, 6.07) is 22.4. The number of nitrogens with zero attached hydrogens (tertiary/aromatic N) is 1.